The van der Waals surface area contributed by atoms with Gasteiger partial charge in [0.2, 0.25) is 0 Å². The number of hydrogen-bond donors (Lipinski definition) is 2. The first-order chi connectivity index (χ1) is 10.8. The molecule has 1 saturated heterocycles. The van der Waals surface area contributed by atoms with Crippen LogP contribution >= 0.6 is 24.0 Å². The molecule has 1 unspecified atom stereocenters. The molecule has 1 aromatic rings. The van der Waals surface area contributed by atoms with Gasteiger partial charge in [-0.1, -0.05) is 18.2 Å². The Balaban J connectivity index is 0.00000192. The van der Waals surface area contributed by atoms with Crippen LogP contribution in [0.2, 0.25) is 0 Å². The lowest BCUT2D eigenvalue weighted by Gasteiger charge is -2.14. The Morgan fingerprint density at radius 3 is 2.87 bits per heavy atom. The Kier molecular flexibility index (Phi) is 7.62. The first-order valence-corrected chi connectivity index (χ1v) is 8.59. The number of aliphatic imine (C=N–C) groups is 1. The minimum absolute atomic E-state index is 0. The molecular formula is C18H28IN3O. The predicted molar refractivity (Wildman–Crippen MR) is 106 cm³/mol. The largest absolute Gasteiger partial charge is 0.376 e. The fourth-order valence-electron chi connectivity index (χ4n) is 3.25. The van der Waals surface area contributed by atoms with Crippen LogP contribution in [0.25, 0.3) is 0 Å². The summed E-state index contributed by atoms with van der Waals surface area (Å²) in [4.78, 5) is 4.71. The van der Waals surface area contributed by atoms with Crippen LogP contribution < -0.4 is 10.6 Å². The van der Waals surface area contributed by atoms with E-state index in [1.54, 1.807) is 0 Å². The second-order valence-corrected chi connectivity index (χ2v) is 6.17. The third-order valence-corrected chi connectivity index (χ3v) is 4.45. The number of rotatable bonds is 5. The Labute approximate surface area is 156 Å². The topological polar surface area (TPSA) is 45.7 Å². The van der Waals surface area contributed by atoms with Crippen molar-refractivity contribution in [3.05, 3.63) is 34.9 Å². The predicted octanol–water partition coefficient (Wildman–Crippen LogP) is 3.03. The van der Waals surface area contributed by atoms with Gasteiger partial charge >= 0.3 is 0 Å². The van der Waals surface area contributed by atoms with Crippen LogP contribution in [0.3, 0.4) is 0 Å². The summed E-state index contributed by atoms with van der Waals surface area (Å²) < 4.78 is 5.65. The summed E-state index contributed by atoms with van der Waals surface area (Å²) in [5, 5.41) is 6.71. The summed E-state index contributed by atoms with van der Waals surface area (Å²) in [6.07, 6.45) is 6.43. The molecule has 23 heavy (non-hydrogen) atoms. The number of aryl methyl sites for hydroxylation is 2. The number of nitrogens with one attached hydrogen (secondary N) is 2. The van der Waals surface area contributed by atoms with E-state index in [0.29, 0.717) is 6.10 Å². The zero-order valence-corrected chi connectivity index (χ0v) is 16.3. The van der Waals surface area contributed by atoms with E-state index in [1.807, 2.05) is 0 Å². The standard InChI is InChI=1S/C18H27N3O.HI/c1-2-19-18(21-13-17-7-4-10-22-17)20-12-14-8-9-15-5-3-6-16(15)11-14;/h8-9,11,17H,2-7,10,12-13H2,1H3,(H2,19,20,21);1H. The Hall–Kier alpha value is -0.820. The average molecular weight is 429 g/mol. The molecule has 2 aliphatic rings. The van der Waals surface area contributed by atoms with E-state index in [2.05, 4.69) is 35.8 Å². The van der Waals surface area contributed by atoms with Crippen LogP contribution in [-0.2, 0) is 24.1 Å². The van der Waals surface area contributed by atoms with Crippen LogP contribution in [0, 0.1) is 0 Å². The third-order valence-electron chi connectivity index (χ3n) is 4.45. The minimum atomic E-state index is 0. The summed E-state index contributed by atoms with van der Waals surface area (Å²) in [6, 6.07) is 6.83. The molecule has 0 radical (unpaired) electrons. The molecule has 1 atom stereocenters. The van der Waals surface area contributed by atoms with Crippen molar-refractivity contribution in [3.8, 4) is 0 Å². The lowest BCUT2D eigenvalue weighted by molar-refractivity contribution is 0.114. The van der Waals surface area contributed by atoms with E-state index < -0.39 is 0 Å². The van der Waals surface area contributed by atoms with Crippen LogP contribution in [0.5, 0.6) is 0 Å². The maximum Gasteiger partial charge on any atom is 0.191 e. The van der Waals surface area contributed by atoms with Crippen LogP contribution in [0.15, 0.2) is 23.2 Å². The number of ether oxygens (including phenoxy) is 1. The van der Waals surface area contributed by atoms with Crippen molar-refractivity contribution in [1.82, 2.24) is 10.6 Å². The highest BCUT2D eigenvalue weighted by Gasteiger charge is 2.15. The van der Waals surface area contributed by atoms with Gasteiger partial charge in [0.15, 0.2) is 5.96 Å². The Morgan fingerprint density at radius 2 is 2.09 bits per heavy atom. The molecule has 1 aliphatic heterocycles. The van der Waals surface area contributed by atoms with Crippen molar-refractivity contribution < 1.29 is 4.74 Å². The maximum absolute atomic E-state index is 5.65. The summed E-state index contributed by atoms with van der Waals surface area (Å²) >= 11 is 0. The first-order valence-electron chi connectivity index (χ1n) is 8.59. The monoisotopic (exact) mass is 429 g/mol. The van der Waals surface area contributed by atoms with E-state index in [-0.39, 0.29) is 24.0 Å². The quantitative estimate of drug-likeness (QED) is 0.430. The smallest absolute Gasteiger partial charge is 0.191 e. The number of fused-ring (bicyclic) bond motifs is 1. The van der Waals surface area contributed by atoms with E-state index in [0.717, 1.165) is 38.6 Å². The first kappa shape index (κ1) is 18.5. The van der Waals surface area contributed by atoms with Gasteiger partial charge in [0.05, 0.1) is 12.6 Å². The van der Waals surface area contributed by atoms with Gasteiger partial charge in [-0.2, -0.15) is 0 Å². The molecule has 1 fully saturated rings. The summed E-state index contributed by atoms with van der Waals surface area (Å²) in [6.45, 7) is 5.44. The molecule has 1 aromatic carbocycles. The van der Waals surface area contributed by atoms with E-state index in [1.165, 1.54) is 42.4 Å². The number of halogens is 1. The van der Waals surface area contributed by atoms with Gasteiger partial charge in [0.1, 0.15) is 0 Å². The summed E-state index contributed by atoms with van der Waals surface area (Å²) in [5.74, 6) is 0.887. The highest BCUT2D eigenvalue weighted by Crippen LogP contribution is 2.23. The van der Waals surface area contributed by atoms with Crippen molar-refractivity contribution in [2.45, 2.75) is 51.7 Å². The number of benzene rings is 1. The zero-order valence-electron chi connectivity index (χ0n) is 13.9. The van der Waals surface area contributed by atoms with Crippen molar-refractivity contribution in [3.63, 3.8) is 0 Å². The van der Waals surface area contributed by atoms with E-state index in [9.17, 15) is 0 Å². The molecule has 1 heterocycles. The molecule has 2 N–H and O–H groups in total. The molecule has 0 spiro atoms. The SMILES string of the molecule is CCNC(=NCc1ccc2c(c1)CCC2)NCC1CCCO1.I. The van der Waals surface area contributed by atoms with Crippen molar-refractivity contribution in [2.75, 3.05) is 19.7 Å². The molecule has 0 aromatic heterocycles. The van der Waals surface area contributed by atoms with Gasteiger partial charge in [-0.3, -0.25) is 0 Å². The van der Waals surface area contributed by atoms with Gasteiger partial charge in [-0.05, 0) is 55.7 Å². The summed E-state index contributed by atoms with van der Waals surface area (Å²) in [7, 11) is 0. The van der Waals surface area contributed by atoms with Crippen molar-refractivity contribution >= 4 is 29.9 Å². The van der Waals surface area contributed by atoms with Gasteiger partial charge in [-0.15, -0.1) is 24.0 Å². The molecule has 4 nitrogen and oxygen atoms in total. The Bertz CT molecular complexity index is 527. The number of hydrogen-bond acceptors (Lipinski definition) is 2. The molecule has 0 saturated carbocycles. The number of guanidine groups is 1. The van der Waals surface area contributed by atoms with Gasteiger partial charge in [0.25, 0.3) is 0 Å². The molecule has 0 bridgehead atoms. The molecule has 3 rings (SSSR count). The lowest BCUT2D eigenvalue weighted by Crippen LogP contribution is -2.41. The maximum atomic E-state index is 5.65. The molecular weight excluding hydrogens is 401 g/mol. The minimum Gasteiger partial charge on any atom is -0.376 e. The molecule has 0 amide bonds. The molecule has 128 valence electrons. The summed E-state index contributed by atoms with van der Waals surface area (Å²) in [5.41, 5.74) is 4.34. The molecule has 5 heteroatoms. The fraction of sp³-hybridized carbons (Fsp3) is 0.611. The fourth-order valence-corrected chi connectivity index (χ4v) is 3.25. The number of nitrogens with zero attached hydrogens (tertiary/aromatic N) is 1. The lowest BCUT2D eigenvalue weighted by atomic mass is 10.1. The van der Waals surface area contributed by atoms with Crippen LogP contribution in [-0.4, -0.2) is 31.8 Å². The normalized spacial score (nSPS) is 20.0. The van der Waals surface area contributed by atoms with Gasteiger partial charge in [-0.25, -0.2) is 4.99 Å². The van der Waals surface area contributed by atoms with Crippen molar-refractivity contribution in [2.24, 2.45) is 4.99 Å². The van der Waals surface area contributed by atoms with E-state index in [4.69, 9.17) is 9.73 Å². The van der Waals surface area contributed by atoms with Gasteiger partial charge in [0, 0.05) is 19.7 Å². The van der Waals surface area contributed by atoms with Gasteiger partial charge < -0.3 is 15.4 Å². The van der Waals surface area contributed by atoms with E-state index >= 15 is 0 Å². The molecule has 1 aliphatic carbocycles. The van der Waals surface area contributed by atoms with Crippen molar-refractivity contribution in [1.29, 1.82) is 0 Å². The highest BCUT2D eigenvalue weighted by molar-refractivity contribution is 14.0. The van der Waals surface area contributed by atoms with Crippen LogP contribution in [0.1, 0.15) is 42.9 Å². The highest BCUT2D eigenvalue weighted by atomic mass is 127. The Morgan fingerprint density at radius 1 is 1.22 bits per heavy atom. The van der Waals surface area contributed by atoms with Crippen LogP contribution in [0.4, 0.5) is 0 Å². The zero-order chi connectivity index (χ0) is 15.2. The third kappa shape index (κ3) is 5.35. The average Bonchev–Trinajstić information content (AvgIpc) is 3.20. The second-order valence-electron chi connectivity index (χ2n) is 6.17. The second kappa shape index (κ2) is 9.47.